The third kappa shape index (κ3) is 5.44. The zero-order valence-electron chi connectivity index (χ0n) is 11.4. The highest BCUT2D eigenvalue weighted by molar-refractivity contribution is 7.12. The van der Waals surface area contributed by atoms with E-state index in [4.69, 9.17) is 11.6 Å². The zero-order chi connectivity index (χ0) is 12.7. The minimum Gasteiger partial charge on any atom is -0.146 e. The zero-order valence-corrected chi connectivity index (χ0v) is 13.0. The van der Waals surface area contributed by atoms with Gasteiger partial charge in [0, 0.05) is 9.75 Å². The van der Waals surface area contributed by atoms with Crippen LogP contribution in [0.25, 0.3) is 0 Å². The number of thiophene rings is 1. The van der Waals surface area contributed by atoms with Crippen LogP contribution >= 0.6 is 22.9 Å². The number of rotatable bonds is 8. The second kappa shape index (κ2) is 8.16. The second-order valence-corrected chi connectivity index (χ2v) is 6.88. The van der Waals surface area contributed by atoms with Gasteiger partial charge in [-0.25, -0.2) is 0 Å². The normalized spacial score (nSPS) is 12.9. The molecule has 0 N–H and O–H groups in total. The summed E-state index contributed by atoms with van der Waals surface area (Å²) in [6.07, 6.45) is 9.21. The van der Waals surface area contributed by atoms with Crippen molar-refractivity contribution in [1.29, 1.82) is 0 Å². The molecule has 0 nitrogen and oxygen atoms in total. The molecule has 17 heavy (non-hydrogen) atoms. The summed E-state index contributed by atoms with van der Waals surface area (Å²) in [5.74, 6) is 0. The average Bonchev–Trinajstić information content (AvgIpc) is 2.62. The minimum atomic E-state index is 0.228. The molecule has 1 heterocycles. The third-order valence-corrected chi connectivity index (χ3v) is 4.66. The van der Waals surface area contributed by atoms with Crippen molar-refractivity contribution in [3.8, 4) is 0 Å². The van der Waals surface area contributed by atoms with E-state index in [0.29, 0.717) is 0 Å². The maximum absolute atomic E-state index is 6.47. The van der Waals surface area contributed by atoms with Gasteiger partial charge in [0.25, 0.3) is 0 Å². The van der Waals surface area contributed by atoms with E-state index in [1.807, 2.05) is 11.3 Å². The van der Waals surface area contributed by atoms with Crippen LogP contribution in [0.1, 0.15) is 72.6 Å². The highest BCUT2D eigenvalue weighted by Gasteiger charge is 2.12. The number of halogens is 1. The molecule has 2 heteroatoms. The van der Waals surface area contributed by atoms with Gasteiger partial charge in [0.05, 0.1) is 5.38 Å². The van der Waals surface area contributed by atoms with Crippen LogP contribution < -0.4 is 0 Å². The first kappa shape index (κ1) is 15.0. The fourth-order valence-corrected chi connectivity index (χ4v) is 3.65. The molecule has 0 aliphatic heterocycles. The molecule has 0 aliphatic carbocycles. The molecule has 0 fully saturated rings. The molecule has 0 radical (unpaired) electrons. The molecular formula is C15H25ClS. The van der Waals surface area contributed by atoms with Crippen molar-refractivity contribution in [2.45, 2.75) is 71.1 Å². The van der Waals surface area contributed by atoms with Crippen LogP contribution in [0.15, 0.2) is 6.07 Å². The molecule has 1 aromatic heterocycles. The molecule has 0 saturated carbocycles. The maximum atomic E-state index is 6.47. The second-order valence-electron chi connectivity index (χ2n) is 4.89. The van der Waals surface area contributed by atoms with Gasteiger partial charge in [-0.2, -0.15) is 0 Å². The van der Waals surface area contributed by atoms with Gasteiger partial charge < -0.3 is 0 Å². The number of unbranched alkanes of at least 4 members (excludes halogenated alkanes) is 5. The van der Waals surface area contributed by atoms with Crippen LogP contribution in [0.4, 0.5) is 0 Å². The average molecular weight is 273 g/mol. The lowest BCUT2D eigenvalue weighted by atomic mass is 10.0. The van der Waals surface area contributed by atoms with E-state index in [1.165, 1.54) is 53.8 Å². The lowest BCUT2D eigenvalue weighted by Crippen LogP contribution is -1.91. The Bertz CT molecular complexity index is 317. The van der Waals surface area contributed by atoms with Gasteiger partial charge in [-0.1, -0.05) is 45.4 Å². The molecule has 1 unspecified atom stereocenters. The predicted molar refractivity (Wildman–Crippen MR) is 80.4 cm³/mol. The largest absolute Gasteiger partial charge is 0.146 e. The molecule has 0 spiro atoms. The van der Waals surface area contributed by atoms with Crippen molar-refractivity contribution in [1.82, 2.24) is 0 Å². The monoisotopic (exact) mass is 272 g/mol. The van der Waals surface area contributed by atoms with Gasteiger partial charge >= 0.3 is 0 Å². The van der Waals surface area contributed by atoms with E-state index < -0.39 is 0 Å². The number of hydrogen-bond acceptors (Lipinski definition) is 1. The van der Waals surface area contributed by atoms with E-state index >= 15 is 0 Å². The number of alkyl halides is 1. The topological polar surface area (TPSA) is 0 Å². The molecule has 1 rings (SSSR count). The molecule has 1 atom stereocenters. The van der Waals surface area contributed by atoms with Crippen LogP contribution in [0.2, 0.25) is 0 Å². The van der Waals surface area contributed by atoms with E-state index in [0.717, 1.165) is 6.42 Å². The Kier molecular flexibility index (Phi) is 7.22. The molecule has 0 amide bonds. The summed E-state index contributed by atoms with van der Waals surface area (Å²) in [5, 5.41) is 0.228. The van der Waals surface area contributed by atoms with E-state index in [2.05, 4.69) is 26.8 Å². The quantitative estimate of drug-likeness (QED) is 0.380. The fraction of sp³-hybridized carbons (Fsp3) is 0.733. The van der Waals surface area contributed by atoms with Crippen molar-refractivity contribution in [2.24, 2.45) is 0 Å². The van der Waals surface area contributed by atoms with Crippen molar-refractivity contribution < 1.29 is 0 Å². The van der Waals surface area contributed by atoms with E-state index in [-0.39, 0.29) is 5.38 Å². The smallest absolute Gasteiger partial charge is 0.0596 e. The van der Waals surface area contributed by atoms with Crippen LogP contribution in [-0.2, 0) is 0 Å². The Balaban J connectivity index is 2.21. The molecule has 98 valence electrons. The Labute approximate surface area is 115 Å². The van der Waals surface area contributed by atoms with Gasteiger partial charge in [-0.3, -0.25) is 0 Å². The van der Waals surface area contributed by atoms with Crippen LogP contribution in [-0.4, -0.2) is 0 Å². The van der Waals surface area contributed by atoms with Crippen molar-refractivity contribution in [3.63, 3.8) is 0 Å². The standard InChI is InChI=1S/C15H25ClS/c1-4-5-6-7-8-9-10-15(16)14-11-12(2)17-13(14)3/h11,15H,4-10H2,1-3H3. The Morgan fingerprint density at radius 1 is 1.12 bits per heavy atom. The highest BCUT2D eigenvalue weighted by atomic mass is 35.5. The van der Waals surface area contributed by atoms with Crippen LogP contribution in [0.5, 0.6) is 0 Å². The Morgan fingerprint density at radius 3 is 2.35 bits per heavy atom. The summed E-state index contributed by atoms with van der Waals surface area (Å²) in [6.45, 7) is 6.61. The summed E-state index contributed by atoms with van der Waals surface area (Å²) < 4.78 is 0. The van der Waals surface area contributed by atoms with E-state index in [1.54, 1.807) is 0 Å². The summed E-state index contributed by atoms with van der Waals surface area (Å²) >= 11 is 8.34. The summed E-state index contributed by atoms with van der Waals surface area (Å²) in [6, 6.07) is 2.26. The van der Waals surface area contributed by atoms with Crippen LogP contribution in [0, 0.1) is 13.8 Å². The molecule has 0 aliphatic rings. The van der Waals surface area contributed by atoms with Crippen molar-refractivity contribution in [2.75, 3.05) is 0 Å². The van der Waals surface area contributed by atoms with Crippen molar-refractivity contribution in [3.05, 3.63) is 21.4 Å². The first-order valence-electron chi connectivity index (χ1n) is 6.86. The predicted octanol–water partition coefficient (Wildman–Crippen LogP) is 6.40. The Hall–Kier alpha value is -0.0100. The maximum Gasteiger partial charge on any atom is 0.0596 e. The first-order chi connectivity index (χ1) is 8.15. The first-order valence-corrected chi connectivity index (χ1v) is 8.11. The highest BCUT2D eigenvalue weighted by Crippen LogP contribution is 2.33. The van der Waals surface area contributed by atoms with Gasteiger partial charge in [-0.15, -0.1) is 22.9 Å². The van der Waals surface area contributed by atoms with Gasteiger partial charge in [-0.05, 0) is 31.9 Å². The minimum absolute atomic E-state index is 0.228. The lowest BCUT2D eigenvalue weighted by molar-refractivity contribution is 0.584. The van der Waals surface area contributed by atoms with Gasteiger partial charge in [0.2, 0.25) is 0 Å². The molecular weight excluding hydrogens is 248 g/mol. The molecule has 0 bridgehead atoms. The number of hydrogen-bond donors (Lipinski definition) is 0. The van der Waals surface area contributed by atoms with Crippen LogP contribution in [0.3, 0.4) is 0 Å². The van der Waals surface area contributed by atoms with E-state index in [9.17, 15) is 0 Å². The molecule has 0 saturated heterocycles. The summed E-state index contributed by atoms with van der Waals surface area (Å²) in [4.78, 5) is 2.78. The summed E-state index contributed by atoms with van der Waals surface area (Å²) in [5.41, 5.74) is 1.36. The fourth-order valence-electron chi connectivity index (χ4n) is 2.22. The molecule has 0 aromatic carbocycles. The van der Waals surface area contributed by atoms with Gasteiger partial charge in [0.15, 0.2) is 0 Å². The SMILES string of the molecule is CCCCCCCCC(Cl)c1cc(C)sc1C. The Morgan fingerprint density at radius 2 is 1.76 bits per heavy atom. The lowest BCUT2D eigenvalue weighted by Gasteiger charge is -2.08. The molecule has 1 aromatic rings. The third-order valence-electron chi connectivity index (χ3n) is 3.23. The summed E-state index contributed by atoms with van der Waals surface area (Å²) in [7, 11) is 0. The number of aryl methyl sites for hydroxylation is 2. The van der Waals surface area contributed by atoms with Gasteiger partial charge in [0.1, 0.15) is 0 Å². The van der Waals surface area contributed by atoms with Crippen molar-refractivity contribution >= 4 is 22.9 Å².